The van der Waals surface area contributed by atoms with E-state index in [1.54, 1.807) is 0 Å². The zero-order valence-corrected chi connectivity index (χ0v) is 18.6. The Morgan fingerprint density at radius 3 is 2.53 bits per heavy atom. The normalized spacial score (nSPS) is 15.4. The number of benzene rings is 1. The third kappa shape index (κ3) is 7.13. The van der Waals surface area contributed by atoms with Crippen LogP contribution in [0.1, 0.15) is 55.8 Å². The highest BCUT2D eigenvalue weighted by atomic mass is 15.2. The van der Waals surface area contributed by atoms with Crippen LogP contribution in [0.5, 0.6) is 0 Å². The van der Waals surface area contributed by atoms with Crippen LogP contribution in [0.4, 0.5) is 0 Å². The Morgan fingerprint density at radius 2 is 1.80 bits per heavy atom. The molecule has 1 aromatic heterocycles. The Hall–Kier alpha value is -2.40. The molecule has 0 unspecified atom stereocenters. The fourth-order valence-electron chi connectivity index (χ4n) is 4.15. The maximum atomic E-state index is 4.85. The minimum atomic E-state index is 0.688. The molecule has 5 heteroatoms. The third-order valence-corrected chi connectivity index (χ3v) is 5.89. The van der Waals surface area contributed by atoms with Crippen LogP contribution in [0.3, 0.4) is 0 Å². The first-order chi connectivity index (χ1) is 14.8. The lowest BCUT2D eigenvalue weighted by Gasteiger charge is -2.31. The Balaban J connectivity index is 1.58. The first-order valence-corrected chi connectivity index (χ1v) is 11.5. The van der Waals surface area contributed by atoms with E-state index in [9.17, 15) is 0 Å². The molecule has 0 aliphatic heterocycles. The minimum absolute atomic E-state index is 0.688. The number of aromatic nitrogens is 1. The number of aliphatic imine (C=N–C) groups is 1. The Kier molecular flexibility index (Phi) is 9.16. The van der Waals surface area contributed by atoms with E-state index in [0.717, 1.165) is 43.8 Å². The molecule has 1 heterocycles. The standard InChI is InChI=1S/C25H37N5/c1-3-26-25(28-18-16-23-13-9-10-17-27-23)29-19-21-11-7-8-12-22(21)20-30(2)24-14-5-4-6-15-24/h7-13,17,24H,3-6,14-16,18-20H2,1-2H3,(H2,26,28,29). The van der Waals surface area contributed by atoms with E-state index in [1.165, 1.54) is 43.2 Å². The van der Waals surface area contributed by atoms with E-state index >= 15 is 0 Å². The Morgan fingerprint density at radius 1 is 1.03 bits per heavy atom. The van der Waals surface area contributed by atoms with Crippen molar-refractivity contribution in [2.45, 2.75) is 64.6 Å². The van der Waals surface area contributed by atoms with Crippen molar-refractivity contribution < 1.29 is 0 Å². The molecule has 1 aliphatic rings. The SMILES string of the molecule is CCNC(=NCc1ccccc1CN(C)C1CCCCC1)NCCc1ccccn1. The molecule has 1 saturated carbocycles. The van der Waals surface area contributed by atoms with Crippen molar-refractivity contribution in [3.63, 3.8) is 0 Å². The van der Waals surface area contributed by atoms with Crippen molar-refractivity contribution in [1.82, 2.24) is 20.5 Å². The van der Waals surface area contributed by atoms with E-state index in [1.807, 2.05) is 18.3 Å². The van der Waals surface area contributed by atoms with Crippen LogP contribution in [0.25, 0.3) is 0 Å². The summed E-state index contributed by atoms with van der Waals surface area (Å²) in [5.74, 6) is 0.865. The van der Waals surface area contributed by atoms with Crippen LogP contribution in [0.15, 0.2) is 53.7 Å². The van der Waals surface area contributed by atoms with E-state index < -0.39 is 0 Å². The lowest BCUT2D eigenvalue weighted by molar-refractivity contribution is 0.184. The smallest absolute Gasteiger partial charge is 0.191 e. The molecule has 1 fully saturated rings. The van der Waals surface area contributed by atoms with Crippen molar-refractivity contribution in [2.75, 3.05) is 20.1 Å². The molecule has 1 aromatic carbocycles. The van der Waals surface area contributed by atoms with Gasteiger partial charge >= 0.3 is 0 Å². The van der Waals surface area contributed by atoms with Crippen molar-refractivity contribution in [1.29, 1.82) is 0 Å². The highest BCUT2D eigenvalue weighted by molar-refractivity contribution is 5.79. The van der Waals surface area contributed by atoms with Gasteiger partial charge in [0.2, 0.25) is 0 Å². The summed E-state index contributed by atoms with van der Waals surface area (Å²) in [5.41, 5.74) is 3.79. The van der Waals surface area contributed by atoms with Crippen LogP contribution in [-0.2, 0) is 19.5 Å². The number of nitrogens with one attached hydrogen (secondary N) is 2. The van der Waals surface area contributed by atoms with Crippen LogP contribution in [0, 0.1) is 0 Å². The Bertz CT molecular complexity index is 768. The van der Waals surface area contributed by atoms with Crippen LogP contribution >= 0.6 is 0 Å². The van der Waals surface area contributed by atoms with Crippen LogP contribution in [0.2, 0.25) is 0 Å². The Labute approximate surface area is 182 Å². The van der Waals surface area contributed by atoms with Gasteiger partial charge in [-0.3, -0.25) is 9.88 Å². The number of hydrogen-bond acceptors (Lipinski definition) is 3. The van der Waals surface area contributed by atoms with Crippen LogP contribution in [-0.4, -0.2) is 42.0 Å². The molecule has 1 aliphatic carbocycles. The summed E-state index contributed by atoms with van der Waals surface area (Å²) in [6.45, 7) is 5.45. The second-order valence-corrected chi connectivity index (χ2v) is 8.17. The maximum Gasteiger partial charge on any atom is 0.191 e. The molecule has 0 radical (unpaired) electrons. The molecule has 3 rings (SSSR count). The molecule has 0 bridgehead atoms. The molecular formula is C25H37N5. The van der Waals surface area contributed by atoms with Gasteiger partial charge in [0.25, 0.3) is 0 Å². The number of rotatable bonds is 9. The van der Waals surface area contributed by atoms with Gasteiger partial charge in [-0.25, -0.2) is 4.99 Å². The number of guanidine groups is 1. The maximum absolute atomic E-state index is 4.85. The molecule has 2 aromatic rings. The number of pyridine rings is 1. The fourth-order valence-corrected chi connectivity index (χ4v) is 4.15. The highest BCUT2D eigenvalue weighted by Gasteiger charge is 2.18. The van der Waals surface area contributed by atoms with Gasteiger partial charge in [0, 0.05) is 44.0 Å². The van der Waals surface area contributed by atoms with Gasteiger partial charge in [0.15, 0.2) is 5.96 Å². The zero-order valence-electron chi connectivity index (χ0n) is 18.6. The average Bonchev–Trinajstić information content (AvgIpc) is 2.79. The topological polar surface area (TPSA) is 52.6 Å². The van der Waals surface area contributed by atoms with Gasteiger partial charge in [-0.2, -0.15) is 0 Å². The average molecular weight is 408 g/mol. The summed E-state index contributed by atoms with van der Waals surface area (Å²) in [7, 11) is 2.28. The van der Waals surface area contributed by atoms with Crippen LogP contribution < -0.4 is 10.6 Å². The summed E-state index contributed by atoms with van der Waals surface area (Å²) in [4.78, 5) is 11.8. The predicted molar refractivity (Wildman–Crippen MR) is 126 cm³/mol. The molecule has 0 spiro atoms. The summed E-state index contributed by atoms with van der Waals surface area (Å²) >= 11 is 0. The second-order valence-electron chi connectivity index (χ2n) is 8.17. The van der Waals surface area contributed by atoms with E-state index in [2.05, 4.69) is 64.8 Å². The molecule has 0 amide bonds. The van der Waals surface area contributed by atoms with Crippen molar-refractivity contribution in [3.8, 4) is 0 Å². The zero-order chi connectivity index (χ0) is 21.0. The van der Waals surface area contributed by atoms with E-state index in [-0.39, 0.29) is 0 Å². The molecule has 5 nitrogen and oxygen atoms in total. The van der Waals surface area contributed by atoms with Crippen molar-refractivity contribution >= 4 is 5.96 Å². The minimum Gasteiger partial charge on any atom is -0.357 e. The highest BCUT2D eigenvalue weighted by Crippen LogP contribution is 2.23. The van der Waals surface area contributed by atoms with E-state index in [0.29, 0.717) is 6.54 Å². The summed E-state index contributed by atoms with van der Waals surface area (Å²) in [5, 5.41) is 6.80. The first kappa shape index (κ1) is 22.3. The molecule has 162 valence electrons. The molecule has 0 atom stereocenters. The lowest BCUT2D eigenvalue weighted by atomic mass is 9.94. The quantitative estimate of drug-likeness (QED) is 0.484. The van der Waals surface area contributed by atoms with Gasteiger partial charge in [0.05, 0.1) is 6.54 Å². The molecule has 30 heavy (non-hydrogen) atoms. The molecule has 2 N–H and O–H groups in total. The summed E-state index contributed by atoms with van der Waals surface area (Å²) in [6, 6.07) is 15.5. The monoisotopic (exact) mass is 407 g/mol. The van der Waals surface area contributed by atoms with Gasteiger partial charge in [0.1, 0.15) is 0 Å². The van der Waals surface area contributed by atoms with Crippen molar-refractivity contribution in [3.05, 3.63) is 65.5 Å². The predicted octanol–water partition coefficient (Wildman–Crippen LogP) is 4.14. The number of nitrogens with zero attached hydrogens (tertiary/aromatic N) is 3. The fraction of sp³-hybridized carbons (Fsp3) is 0.520. The van der Waals surface area contributed by atoms with Gasteiger partial charge in [-0.1, -0.05) is 49.6 Å². The largest absolute Gasteiger partial charge is 0.357 e. The summed E-state index contributed by atoms with van der Waals surface area (Å²) in [6.07, 6.45) is 9.54. The third-order valence-electron chi connectivity index (χ3n) is 5.89. The molecule has 0 saturated heterocycles. The molecular weight excluding hydrogens is 370 g/mol. The lowest BCUT2D eigenvalue weighted by Crippen LogP contribution is -2.38. The summed E-state index contributed by atoms with van der Waals surface area (Å²) < 4.78 is 0. The van der Waals surface area contributed by atoms with Gasteiger partial charge in [-0.15, -0.1) is 0 Å². The van der Waals surface area contributed by atoms with Gasteiger partial charge < -0.3 is 10.6 Å². The first-order valence-electron chi connectivity index (χ1n) is 11.5. The number of hydrogen-bond donors (Lipinski definition) is 2. The second kappa shape index (κ2) is 12.3. The van der Waals surface area contributed by atoms with Gasteiger partial charge in [-0.05, 0) is 50.1 Å². The van der Waals surface area contributed by atoms with E-state index in [4.69, 9.17) is 4.99 Å². The van der Waals surface area contributed by atoms with Crippen molar-refractivity contribution in [2.24, 2.45) is 4.99 Å².